The largest absolute Gasteiger partial charge is 0.325 e. The van der Waals surface area contributed by atoms with E-state index in [1.807, 2.05) is 12.4 Å². The number of hydrogen-bond donors (Lipinski definition) is 1. The molecule has 3 heteroatoms. The van der Waals surface area contributed by atoms with E-state index in [-0.39, 0.29) is 0 Å². The van der Waals surface area contributed by atoms with Gasteiger partial charge < -0.3 is 5.73 Å². The van der Waals surface area contributed by atoms with Crippen LogP contribution in [0.15, 0.2) is 12.4 Å². The van der Waals surface area contributed by atoms with E-state index in [2.05, 4.69) is 9.97 Å². The minimum Gasteiger partial charge on any atom is -0.325 e. The molecule has 0 spiro atoms. The van der Waals surface area contributed by atoms with Gasteiger partial charge in [0.15, 0.2) is 0 Å². The van der Waals surface area contributed by atoms with Crippen LogP contribution in [0.1, 0.15) is 49.4 Å². The predicted octanol–water partition coefficient (Wildman–Crippen LogP) is 1.98. The van der Waals surface area contributed by atoms with E-state index >= 15 is 0 Å². The molecule has 2 rings (SSSR count). The van der Waals surface area contributed by atoms with Crippen molar-refractivity contribution in [3.05, 3.63) is 23.8 Å². The lowest BCUT2D eigenvalue weighted by Crippen LogP contribution is -2.08. The number of hydrogen-bond acceptors (Lipinski definition) is 3. The first kappa shape index (κ1) is 9.59. The fourth-order valence-corrected chi connectivity index (χ4v) is 2.08. The van der Waals surface area contributed by atoms with E-state index in [1.165, 1.54) is 32.1 Å². The molecular formula is C11H17N3. The third-order valence-electron chi connectivity index (χ3n) is 2.96. The number of rotatable bonds is 2. The van der Waals surface area contributed by atoms with Gasteiger partial charge >= 0.3 is 0 Å². The summed E-state index contributed by atoms with van der Waals surface area (Å²) in [6.45, 7) is 0.484. The monoisotopic (exact) mass is 191 g/mol. The van der Waals surface area contributed by atoms with Crippen LogP contribution in [0.4, 0.5) is 0 Å². The van der Waals surface area contributed by atoms with Crippen molar-refractivity contribution in [1.82, 2.24) is 9.97 Å². The Morgan fingerprint density at radius 3 is 2.50 bits per heavy atom. The third kappa shape index (κ3) is 2.10. The second kappa shape index (κ2) is 4.51. The molecule has 0 atom stereocenters. The molecule has 14 heavy (non-hydrogen) atoms. The Morgan fingerprint density at radius 2 is 1.93 bits per heavy atom. The van der Waals surface area contributed by atoms with E-state index in [1.54, 1.807) is 0 Å². The molecule has 0 bridgehead atoms. The first-order valence-electron chi connectivity index (χ1n) is 5.41. The first-order valence-corrected chi connectivity index (χ1v) is 5.41. The Labute approximate surface area is 84.8 Å². The maximum absolute atomic E-state index is 5.48. The van der Waals surface area contributed by atoms with Crippen molar-refractivity contribution in [3.63, 3.8) is 0 Å². The zero-order valence-electron chi connectivity index (χ0n) is 8.45. The molecule has 0 saturated heterocycles. The van der Waals surface area contributed by atoms with E-state index in [0.717, 1.165) is 11.4 Å². The van der Waals surface area contributed by atoms with Gasteiger partial charge in [0.1, 0.15) is 0 Å². The Morgan fingerprint density at radius 1 is 1.14 bits per heavy atom. The van der Waals surface area contributed by atoms with Crippen LogP contribution < -0.4 is 5.73 Å². The van der Waals surface area contributed by atoms with Crippen LogP contribution in [-0.4, -0.2) is 9.97 Å². The molecule has 0 aliphatic heterocycles. The number of nitrogens with two attached hydrogens (primary N) is 1. The van der Waals surface area contributed by atoms with Crippen molar-refractivity contribution in [3.8, 4) is 0 Å². The molecule has 0 unspecified atom stereocenters. The molecule has 3 nitrogen and oxygen atoms in total. The van der Waals surface area contributed by atoms with Crippen LogP contribution in [0, 0.1) is 0 Å². The highest BCUT2D eigenvalue weighted by Crippen LogP contribution is 2.30. The van der Waals surface area contributed by atoms with Gasteiger partial charge in [0.2, 0.25) is 0 Å². The van der Waals surface area contributed by atoms with E-state index in [9.17, 15) is 0 Å². The van der Waals surface area contributed by atoms with Crippen LogP contribution in [0.2, 0.25) is 0 Å². The summed E-state index contributed by atoms with van der Waals surface area (Å²) in [5.41, 5.74) is 7.51. The molecule has 1 saturated carbocycles. The SMILES string of the molecule is NCc1cnc(C2CCCCC2)cn1. The second-order valence-corrected chi connectivity index (χ2v) is 3.97. The van der Waals surface area contributed by atoms with E-state index in [0.29, 0.717) is 12.5 Å². The van der Waals surface area contributed by atoms with Gasteiger partial charge in [0.05, 0.1) is 17.6 Å². The Hall–Kier alpha value is -0.960. The van der Waals surface area contributed by atoms with Crippen molar-refractivity contribution in [2.45, 2.75) is 44.6 Å². The van der Waals surface area contributed by atoms with Gasteiger partial charge in [0, 0.05) is 18.7 Å². The summed E-state index contributed by atoms with van der Waals surface area (Å²) in [4.78, 5) is 8.72. The molecule has 76 valence electrons. The molecule has 1 aromatic heterocycles. The standard InChI is InChI=1S/C11H17N3/c12-6-10-7-14-11(8-13-10)9-4-2-1-3-5-9/h7-9H,1-6,12H2. The average molecular weight is 191 g/mol. The normalized spacial score (nSPS) is 18.4. The minimum absolute atomic E-state index is 0.484. The van der Waals surface area contributed by atoms with Crippen LogP contribution in [0.5, 0.6) is 0 Å². The highest BCUT2D eigenvalue weighted by Gasteiger charge is 2.16. The summed E-state index contributed by atoms with van der Waals surface area (Å²) in [5, 5.41) is 0. The second-order valence-electron chi connectivity index (χ2n) is 3.97. The lowest BCUT2D eigenvalue weighted by atomic mass is 9.87. The first-order chi connectivity index (χ1) is 6.90. The Bertz CT molecular complexity index is 275. The van der Waals surface area contributed by atoms with Crippen LogP contribution in [-0.2, 0) is 6.54 Å². The average Bonchev–Trinajstić information content (AvgIpc) is 2.30. The zero-order chi connectivity index (χ0) is 9.80. The van der Waals surface area contributed by atoms with Crippen molar-refractivity contribution < 1.29 is 0 Å². The van der Waals surface area contributed by atoms with E-state index in [4.69, 9.17) is 5.73 Å². The topological polar surface area (TPSA) is 51.8 Å². The van der Waals surface area contributed by atoms with Gasteiger partial charge in [-0.25, -0.2) is 0 Å². The van der Waals surface area contributed by atoms with Crippen molar-refractivity contribution in [1.29, 1.82) is 0 Å². The fourth-order valence-electron chi connectivity index (χ4n) is 2.08. The summed E-state index contributed by atoms with van der Waals surface area (Å²) >= 11 is 0. The van der Waals surface area contributed by atoms with Gasteiger partial charge in [-0.05, 0) is 12.8 Å². The van der Waals surface area contributed by atoms with Crippen molar-refractivity contribution in [2.24, 2.45) is 5.73 Å². The molecule has 1 fully saturated rings. The molecule has 2 N–H and O–H groups in total. The summed E-state index contributed by atoms with van der Waals surface area (Å²) in [6, 6.07) is 0. The van der Waals surface area contributed by atoms with Crippen LogP contribution in [0.3, 0.4) is 0 Å². The lowest BCUT2D eigenvalue weighted by molar-refractivity contribution is 0.435. The third-order valence-corrected chi connectivity index (χ3v) is 2.96. The minimum atomic E-state index is 0.484. The van der Waals surface area contributed by atoms with Crippen LogP contribution in [0.25, 0.3) is 0 Å². The summed E-state index contributed by atoms with van der Waals surface area (Å²) < 4.78 is 0. The highest BCUT2D eigenvalue weighted by atomic mass is 14.8. The van der Waals surface area contributed by atoms with Gasteiger partial charge in [-0.15, -0.1) is 0 Å². The predicted molar refractivity (Wildman–Crippen MR) is 55.7 cm³/mol. The fraction of sp³-hybridized carbons (Fsp3) is 0.636. The molecule has 1 aliphatic carbocycles. The molecule has 0 radical (unpaired) electrons. The summed E-state index contributed by atoms with van der Waals surface area (Å²) in [5.74, 6) is 0.642. The van der Waals surface area contributed by atoms with Crippen LogP contribution >= 0.6 is 0 Å². The van der Waals surface area contributed by atoms with Crippen molar-refractivity contribution in [2.75, 3.05) is 0 Å². The smallest absolute Gasteiger partial charge is 0.0722 e. The van der Waals surface area contributed by atoms with E-state index < -0.39 is 0 Å². The molecular weight excluding hydrogens is 174 g/mol. The molecule has 1 heterocycles. The number of aromatic nitrogens is 2. The lowest BCUT2D eigenvalue weighted by Gasteiger charge is -2.20. The molecule has 1 aromatic rings. The molecule has 0 amide bonds. The molecule has 0 aromatic carbocycles. The van der Waals surface area contributed by atoms with Gasteiger partial charge in [-0.1, -0.05) is 19.3 Å². The molecule has 1 aliphatic rings. The van der Waals surface area contributed by atoms with Gasteiger partial charge in [-0.3, -0.25) is 9.97 Å². The number of nitrogens with zero attached hydrogens (tertiary/aromatic N) is 2. The summed E-state index contributed by atoms with van der Waals surface area (Å²) in [7, 11) is 0. The maximum atomic E-state index is 5.48. The maximum Gasteiger partial charge on any atom is 0.0722 e. The Kier molecular flexibility index (Phi) is 3.09. The van der Waals surface area contributed by atoms with Crippen molar-refractivity contribution >= 4 is 0 Å². The summed E-state index contributed by atoms with van der Waals surface area (Å²) in [6.07, 6.45) is 10.3. The zero-order valence-corrected chi connectivity index (χ0v) is 8.45. The quantitative estimate of drug-likeness (QED) is 0.777. The van der Waals surface area contributed by atoms with Gasteiger partial charge in [-0.2, -0.15) is 0 Å². The highest BCUT2D eigenvalue weighted by molar-refractivity contribution is 5.07. The van der Waals surface area contributed by atoms with Gasteiger partial charge in [0.25, 0.3) is 0 Å². The Balaban J connectivity index is 2.07.